The van der Waals surface area contributed by atoms with Gasteiger partial charge in [0.05, 0.1) is 5.56 Å². The third-order valence-corrected chi connectivity index (χ3v) is 8.40. The van der Waals surface area contributed by atoms with Gasteiger partial charge in [0.1, 0.15) is 11.6 Å². The molecule has 0 radical (unpaired) electrons. The Morgan fingerprint density at radius 1 is 0.946 bits per heavy atom. The summed E-state index contributed by atoms with van der Waals surface area (Å²) in [6.07, 6.45) is 0.952. The zero-order valence-corrected chi connectivity index (χ0v) is 22.9. The first kappa shape index (κ1) is 25.3. The fourth-order valence-corrected chi connectivity index (χ4v) is 6.40. The van der Waals surface area contributed by atoms with Gasteiger partial charge in [-0.25, -0.2) is 4.79 Å². The maximum absolute atomic E-state index is 13.8. The van der Waals surface area contributed by atoms with Crippen molar-refractivity contribution in [1.82, 2.24) is 9.97 Å². The van der Waals surface area contributed by atoms with E-state index in [1.165, 1.54) is 0 Å². The molecule has 3 aromatic rings. The number of rotatable bonds is 2. The highest BCUT2D eigenvalue weighted by molar-refractivity contribution is 7.10. The van der Waals surface area contributed by atoms with Crippen molar-refractivity contribution in [3.05, 3.63) is 88.9 Å². The number of carbonyl (C=O) groups excluding carboxylic acids is 1. The van der Waals surface area contributed by atoms with Gasteiger partial charge < -0.3 is 10.4 Å². The number of aromatic amines is 2. The van der Waals surface area contributed by atoms with Crippen LogP contribution in [0.1, 0.15) is 93.4 Å². The van der Waals surface area contributed by atoms with E-state index < -0.39 is 17.2 Å². The molecule has 2 atom stereocenters. The van der Waals surface area contributed by atoms with Gasteiger partial charge in [0.25, 0.3) is 5.56 Å². The molecule has 1 aliphatic heterocycles. The molecule has 37 heavy (non-hydrogen) atoms. The molecule has 1 aliphatic carbocycles. The number of aromatic hydroxyl groups is 1. The van der Waals surface area contributed by atoms with Crippen molar-refractivity contribution in [1.29, 1.82) is 0 Å². The van der Waals surface area contributed by atoms with Gasteiger partial charge in [0.2, 0.25) is 0 Å². The Labute approximate surface area is 219 Å². The number of H-pyrrole nitrogens is 2. The van der Waals surface area contributed by atoms with Crippen molar-refractivity contribution >= 4 is 22.9 Å². The van der Waals surface area contributed by atoms with Gasteiger partial charge in [0, 0.05) is 34.4 Å². The van der Waals surface area contributed by atoms with Gasteiger partial charge in [-0.1, -0.05) is 59.7 Å². The molecular formula is C29H33N3O4S. The lowest BCUT2D eigenvalue weighted by molar-refractivity contribution is -0.116. The normalized spacial score (nSPS) is 19.9. The van der Waals surface area contributed by atoms with Crippen LogP contribution in [0, 0.1) is 0 Å². The van der Waals surface area contributed by atoms with E-state index in [1.807, 2.05) is 71.2 Å². The van der Waals surface area contributed by atoms with Gasteiger partial charge >= 0.3 is 5.69 Å². The highest BCUT2D eigenvalue weighted by atomic mass is 32.1. The maximum atomic E-state index is 13.8. The first-order chi connectivity index (χ1) is 17.3. The Balaban J connectivity index is 1.80. The van der Waals surface area contributed by atoms with Crippen LogP contribution in [-0.2, 0) is 15.6 Å². The number of thiophene rings is 1. The number of aromatic nitrogens is 2. The highest BCUT2D eigenvalue weighted by Crippen LogP contribution is 2.49. The fourth-order valence-electron chi connectivity index (χ4n) is 5.57. The van der Waals surface area contributed by atoms with E-state index >= 15 is 0 Å². The molecule has 8 heteroatoms. The van der Waals surface area contributed by atoms with Crippen LogP contribution in [0.15, 0.2) is 50.5 Å². The second-order valence-electron chi connectivity index (χ2n) is 12.2. The number of Topliss-reactive ketones (excluding diaryl/α,β-unsaturated/α-hetero) is 1. The van der Waals surface area contributed by atoms with E-state index in [0.717, 1.165) is 27.3 Å². The molecule has 4 N–H and O–H groups in total. The minimum absolute atomic E-state index is 0.0175. The van der Waals surface area contributed by atoms with Crippen LogP contribution >= 0.6 is 11.3 Å². The largest absolute Gasteiger partial charge is 0.507 e. The molecule has 7 nitrogen and oxygen atoms in total. The molecule has 0 unspecified atom stereocenters. The summed E-state index contributed by atoms with van der Waals surface area (Å²) in [5.74, 6) is -0.109. The van der Waals surface area contributed by atoms with E-state index in [1.54, 1.807) is 11.3 Å². The summed E-state index contributed by atoms with van der Waals surface area (Å²) in [7, 11) is 0. The van der Waals surface area contributed by atoms with Crippen LogP contribution in [-0.4, -0.2) is 20.9 Å². The minimum atomic E-state index is -0.675. The molecule has 0 fully saturated rings. The predicted octanol–water partition coefficient (Wildman–Crippen LogP) is 5.38. The summed E-state index contributed by atoms with van der Waals surface area (Å²) in [6.45, 7) is 12.2. The highest BCUT2D eigenvalue weighted by Gasteiger charge is 2.41. The number of nitrogens with one attached hydrogen (secondary N) is 3. The van der Waals surface area contributed by atoms with E-state index in [2.05, 4.69) is 15.3 Å². The summed E-state index contributed by atoms with van der Waals surface area (Å²) in [4.78, 5) is 45.5. The van der Waals surface area contributed by atoms with Crippen LogP contribution < -0.4 is 16.6 Å². The lowest BCUT2D eigenvalue weighted by atomic mass is 9.71. The van der Waals surface area contributed by atoms with Crippen LogP contribution in [0.3, 0.4) is 0 Å². The Kier molecular flexibility index (Phi) is 5.86. The third kappa shape index (κ3) is 4.37. The number of hydrogen-bond acceptors (Lipinski definition) is 6. The minimum Gasteiger partial charge on any atom is -0.507 e. The average Bonchev–Trinajstić information content (AvgIpc) is 3.31. The first-order valence-corrected chi connectivity index (χ1v) is 13.4. The second kappa shape index (κ2) is 8.58. The molecule has 0 amide bonds. The van der Waals surface area contributed by atoms with Crippen LogP contribution in [0.5, 0.6) is 5.75 Å². The van der Waals surface area contributed by atoms with E-state index in [-0.39, 0.29) is 28.3 Å². The molecule has 1 aromatic carbocycles. The number of anilines is 1. The molecule has 2 aliphatic rings. The zero-order valence-electron chi connectivity index (χ0n) is 22.0. The predicted molar refractivity (Wildman–Crippen MR) is 147 cm³/mol. The van der Waals surface area contributed by atoms with Gasteiger partial charge in [-0.2, -0.15) is 0 Å². The number of fused-ring (bicyclic) bond motifs is 1. The van der Waals surface area contributed by atoms with Gasteiger partial charge in [-0.3, -0.25) is 19.6 Å². The Morgan fingerprint density at radius 2 is 1.59 bits per heavy atom. The molecule has 2 aromatic heterocycles. The van der Waals surface area contributed by atoms with Crippen molar-refractivity contribution in [3.63, 3.8) is 0 Å². The average molecular weight is 520 g/mol. The molecule has 0 saturated carbocycles. The van der Waals surface area contributed by atoms with Gasteiger partial charge in [-0.05, 0) is 45.4 Å². The lowest BCUT2D eigenvalue weighted by Gasteiger charge is -2.36. The molecule has 194 valence electrons. The summed E-state index contributed by atoms with van der Waals surface area (Å²) in [5.41, 5.74) is 1.95. The third-order valence-electron chi connectivity index (χ3n) is 7.37. The molecule has 0 spiro atoms. The Bertz CT molecular complexity index is 1510. The topological polar surface area (TPSA) is 115 Å². The van der Waals surface area contributed by atoms with Crippen LogP contribution in [0.25, 0.3) is 0 Å². The monoisotopic (exact) mass is 519 g/mol. The molecular weight excluding hydrogens is 486 g/mol. The van der Waals surface area contributed by atoms with E-state index in [4.69, 9.17) is 0 Å². The fraction of sp³-hybridized carbons (Fsp3) is 0.414. The summed E-state index contributed by atoms with van der Waals surface area (Å²) in [6, 6.07) is 7.85. The zero-order chi connectivity index (χ0) is 26.9. The quantitative estimate of drug-likeness (QED) is 0.363. The number of allylic oxidation sites excluding steroid dienone is 2. The van der Waals surface area contributed by atoms with Crippen molar-refractivity contribution < 1.29 is 9.90 Å². The summed E-state index contributed by atoms with van der Waals surface area (Å²) < 4.78 is 0. The molecule has 5 rings (SSSR count). The summed E-state index contributed by atoms with van der Waals surface area (Å²) >= 11 is 1.63. The maximum Gasteiger partial charge on any atom is 0.327 e. The van der Waals surface area contributed by atoms with Crippen molar-refractivity contribution in [3.8, 4) is 5.75 Å². The van der Waals surface area contributed by atoms with E-state index in [0.29, 0.717) is 29.8 Å². The van der Waals surface area contributed by atoms with Gasteiger partial charge in [-0.15, -0.1) is 11.3 Å². The number of ketones is 1. The number of phenols is 1. The number of benzene rings is 1. The first-order valence-electron chi connectivity index (χ1n) is 12.6. The molecule has 0 saturated heterocycles. The Hall–Kier alpha value is -3.39. The number of hydrogen-bond donors (Lipinski definition) is 4. The Morgan fingerprint density at radius 3 is 2.16 bits per heavy atom. The van der Waals surface area contributed by atoms with Crippen molar-refractivity contribution in [2.24, 2.45) is 0 Å². The SMILES string of the molecule is CC(C)(C)c1cc([C@H]2C3=C(C[C@@H](c4cccs4)CC3=O)Nc3[nH]c(=O)[nH]c(=O)c32)cc(C(C)(C)C)c1O. The number of phenolic OH excluding ortho intramolecular Hbond substituents is 1. The smallest absolute Gasteiger partial charge is 0.327 e. The second-order valence-corrected chi connectivity index (χ2v) is 13.1. The summed E-state index contributed by atoms with van der Waals surface area (Å²) in [5, 5.41) is 16.5. The molecule has 0 bridgehead atoms. The van der Waals surface area contributed by atoms with Crippen molar-refractivity contribution in [2.75, 3.05) is 5.32 Å². The van der Waals surface area contributed by atoms with E-state index in [9.17, 15) is 19.5 Å². The van der Waals surface area contributed by atoms with Crippen molar-refractivity contribution in [2.45, 2.75) is 77.0 Å². The van der Waals surface area contributed by atoms with Crippen LogP contribution in [0.4, 0.5) is 5.82 Å². The lowest BCUT2D eigenvalue weighted by Crippen LogP contribution is -2.37. The van der Waals surface area contributed by atoms with Gasteiger partial charge in [0.15, 0.2) is 5.78 Å². The molecule has 3 heterocycles. The number of carbonyl (C=O) groups is 1. The van der Waals surface area contributed by atoms with Crippen LogP contribution in [0.2, 0.25) is 0 Å². The standard InChI is InChI=1S/C29H33N3O4S/c1-28(2,3)16-10-15(11-17(24(16)34)29(4,5)6)21-22-18(30-25-23(21)26(35)32-27(36)31-25)12-14(13-19(22)33)20-8-7-9-37-20/h7-11,14,21,34H,12-13H2,1-6H3,(H3,30,31,32,35,36)/t14-,21+/m1/s1.